The van der Waals surface area contributed by atoms with Crippen LogP contribution in [-0.2, 0) is 11.3 Å². The lowest BCUT2D eigenvalue weighted by atomic mass is 10.4. The molecule has 72 valence electrons. The smallest absolute Gasteiger partial charge is 0.344 e. The van der Waals surface area contributed by atoms with E-state index in [2.05, 4.69) is 5.10 Å². The summed E-state index contributed by atoms with van der Waals surface area (Å²) in [6, 6.07) is 0. The molecule has 13 heavy (non-hydrogen) atoms. The molecule has 0 fully saturated rings. The number of hydrogen-bond acceptors (Lipinski definition) is 3. The number of aryl methyl sites for hydroxylation is 1. The average Bonchev–Trinajstić information content (AvgIpc) is 2.52. The Labute approximate surface area is 75.9 Å². The summed E-state index contributed by atoms with van der Waals surface area (Å²) < 4.78 is 6.75. The minimum absolute atomic E-state index is 0.483. The largest absolute Gasteiger partial charge is 0.479 e. The van der Waals surface area contributed by atoms with Crippen LogP contribution in [0.4, 0.5) is 0 Å². The Balaban J connectivity index is 2.58. The van der Waals surface area contributed by atoms with E-state index in [1.165, 1.54) is 13.1 Å². The zero-order chi connectivity index (χ0) is 9.84. The summed E-state index contributed by atoms with van der Waals surface area (Å²) in [4.78, 5) is 10.4. The van der Waals surface area contributed by atoms with Crippen LogP contribution in [0.15, 0.2) is 12.4 Å². The zero-order valence-corrected chi connectivity index (χ0v) is 7.60. The van der Waals surface area contributed by atoms with E-state index in [1.807, 2.05) is 6.92 Å². The maximum absolute atomic E-state index is 10.4. The summed E-state index contributed by atoms with van der Waals surface area (Å²) in [5.41, 5.74) is 0. The lowest BCUT2D eigenvalue weighted by Gasteiger charge is -2.06. The molecule has 0 saturated heterocycles. The minimum Gasteiger partial charge on any atom is -0.479 e. The van der Waals surface area contributed by atoms with Crippen LogP contribution in [0.25, 0.3) is 0 Å². The van der Waals surface area contributed by atoms with Crippen molar-refractivity contribution in [2.75, 3.05) is 0 Å². The van der Waals surface area contributed by atoms with Crippen molar-refractivity contribution in [2.24, 2.45) is 0 Å². The first-order valence-electron chi connectivity index (χ1n) is 4.05. The molecule has 0 unspecified atom stereocenters. The van der Waals surface area contributed by atoms with Crippen molar-refractivity contribution in [3.63, 3.8) is 0 Å². The van der Waals surface area contributed by atoms with Gasteiger partial charge in [0.2, 0.25) is 0 Å². The number of carbonyl (C=O) groups is 1. The van der Waals surface area contributed by atoms with Crippen LogP contribution in [0, 0.1) is 0 Å². The molecule has 1 N–H and O–H groups in total. The van der Waals surface area contributed by atoms with Crippen molar-refractivity contribution in [3.05, 3.63) is 12.4 Å². The van der Waals surface area contributed by atoms with Gasteiger partial charge in [-0.05, 0) is 13.8 Å². The first-order valence-corrected chi connectivity index (χ1v) is 4.05. The van der Waals surface area contributed by atoms with Crippen LogP contribution < -0.4 is 4.74 Å². The van der Waals surface area contributed by atoms with E-state index in [-0.39, 0.29) is 0 Å². The van der Waals surface area contributed by atoms with Gasteiger partial charge in [0.1, 0.15) is 0 Å². The Bertz CT molecular complexity index is 295. The van der Waals surface area contributed by atoms with Crippen LogP contribution >= 0.6 is 0 Å². The van der Waals surface area contributed by atoms with Gasteiger partial charge in [0, 0.05) is 6.54 Å². The first kappa shape index (κ1) is 9.57. The standard InChI is InChI=1S/C8H12N2O3/c1-3-10-5-7(4-9-10)13-6(2)8(11)12/h4-6H,3H2,1-2H3,(H,11,12)/t6-/m0/s1. The summed E-state index contributed by atoms with van der Waals surface area (Å²) in [5, 5.41) is 12.5. The molecule has 5 nitrogen and oxygen atoms in total. The highest BCUT2D eigenvalue weighted by Crippen LogP contribution is 2.10. The normalized spacial score (nSPS) is 12.5. The Hall–Kier alpha value is -1.52. The summed E-state index contributed by atoms with van der Waals surface area (Å²) >= 11 is 0. The number of carboxylic acid groups (broad SMARTS) is 1. The predicted molar refractivity (Wildman–Crippen MR) is 45.6 cm³/mol. The molecule has 0 bridgehead atoms. The third-order valence-corrected chi connectivity index (χ3v) is 1.59. The zero-order valence-electron chi connectivity index (χ0n) is 7.60. The van der Waals surface area contributed by atoms with Crippen molar-refractivity contribution < 1.29 is 14.6 Å². The Morgan fingerprint density at radius 2 is 2.54 bits per heavy atom. The Morgan fingerprint density at radius 1 is 1.85 bits per heavy atom. The molecule has 1 heterocycles. The fourth-order valence-electron chi connectivity index (χ4n) is 0.833. The van der Waals surface area contributed by atoms with E-state index < -0.39 is 12.1 Å². The van der Waals surface area contributed by atoms with Crippen molar-refractivity contribution in [1.82, 2.24) is 9.78 Å². The molecule has 1 aromatic rings. The first-order chi connectivity index (χ1) is 6.13. The maximum Gasteiger partial charge on any atom is 0.344 e. The maximum atomic E-state index is 10.4. The number of carboxylic acids is 1. The number of ether oxygens (including phenoxy) is 1. The monoisotopic (exact) mass is 184 g/mol. The summed E-state index contributed by atoms with van der Waals surface area (Å²) in [6.45, 7) is 4.16. The van der Waals surface area contributed by atoms with Gasteiger partial charge >= 0.3 is 5.97 Å². The SMILES string of the molecule is CCn1cc(O[C@@H](C)C(=O)O)cn1. The summed E-state index contributed by atoms with van der Waals surface area (Å²) in [7, 11) is 0. The van der Waals surface area contributed by atoms with Crippen LogP contribution in [-0.4, -0.2) is 27.0 Å². The fraction of sp³-hybridized carbons (Fsp3) is 0.500. The average molecular weight is 184 g/mol. The van der Waals surface area contributed by atoms with E-state index in [9.17, 15) is 4.79 Å². The molecule has 1 aromatic heterocycles. The number of hydrogen-bond donors (Lipinski definition) is 1. The molecule has 0 amide bonds. The lowest BCUT2D eigenvalue weighted by molar-refractivity contribution is -0.144. The minimum atomic E-state index is -0.982. The van der Waals surface area contributed by atoms with Crippen molar-refractivity contribution in [3.8, 4) is 5.75 Å². The molecule has 0 aliphatic rings. The van der Waals surface area contributed by atoms with Crippen molar-refractivity contribution in [1.29, 1.82) is 0 Å². The molecular weight excluding hydrogens is 172 g/mol. The predicted octanol–water partition coefficient (Wildman–Crippen LogP) is 0.755. The molecule has 0 saturated carbocycles. The van der Waals surface area contributed by atoms with Crippen LogP contribution in [0.2, 0.25) is 0 Å². The van der Waals surface area contributed by atoms with Gasteiger partial charge < -0.3 is 9.84 Å². The number of rotatable bonds is 4. The van der Waals surface area contributed by atoms with Gasteiger partial charge in [0.15, 0.2) is 11.9 Å². The molecule has 1 rings (SSSR count). The molecule has 0 aliphatic heterocycles. The second-order valence-corrected chi connectivity index (χ2v) is 2.63. The van der Waals surface area contributed by atoms with Crippen molar-refractivity contribution >= 4 is 5.97 Å². The van der Waals surface area contributed by atoms with Crippen LogP contribution in [0.3, 0.4) is 0 Å². The van der Waals surface area contributed by atoms with Crippen LogP contribution in [0.5, 0.6) is 5.75 Å². The van der Waals surface area contributed by atoms with Gasteiger partial charge in [-0.25, -0.2) is 4.79 Å². The molecule has 0 aliphatic carbocycles. The number of aliphatic carboxylic acids is 1. The summed E-state index contributed by atoms with van der Waals surface area (Å²) in [6.07, 6.45) is 2.33. The van der Waals surface area contributed by atoms with Gasteiger partial charge in [-0.15, -0.1) is 0 Å². The Morgan fingerprint density at radius 3 is 3.00 bits per heavy atom. The lowest BCUT2D eigenvalue weighted by Crippen LogP contribution is -2.22. The molecule has 5 heteroatoms. The third-order valence-electron chi connectivity index (χ3n) is 1.59. The van der Waals surface area contributed by atoms with Crippen molar-refractivity contribution in [2.45, 2.75) is 26.5 Å². The molecule has 0 radical (unpaired) electrons. The summed E-state index contributed by atoms with van der Waals surface area (Å²) in [5.74, 6) is -0.499. The van der Waals surface area contributed by atoms with E-state index in [1.54, 1.807) is 10.9 Å². The second kappa shape index (κ2) is 3.93. The second-order valence-electron chi connectivity index (χ2n) is 2.63. The number of nitrogens with zero attached hydrogens (tertiary/aromatic N) is 2. The van der Waals surface area contributed by atoms with Gasteiger partial charge in [-0.3, -0.25) is 4.68 Å². The van der Waals surface area contributed by atoms with Gasteiger partial charge in [-0.1, -0.05) is 0 Å². The highest BCUT2D eigenvalue weighted by atomic mass is 16.5. The third kappa shape index (κ3) is 2.47. The molecule has 0 aromatic carbocycles. The quantitative estimate of drug-likeness (QED) is 0.750. The van der Waals surface area contributed by atoms with Crippen LogP contribution in [0.1, 0.15) is 13.8 Å². The topological polar surface area (TPSA) is 64.3 Å². The van der Waals surface area contributed by atoms with E-state index in [4.69, 9.17) is 9.84 Å². The van der Waals surface area contributed by atoms with E-state index in [0.717, 1.165) is 6.54 Å². The van der Waals surface area contributed by atoms with E-state index >= 15 is 0 Å². The highest BCUT2D eigenvalue weighted by molar-refractivity contribution is 5.72. The fourth-order valence-corrected chi connectivity index (χ4v) is 0.833. The van der Waals surface area contributed by atoms with Gasteiger partial charge in [-0.2, -0.15) is 5.10 Å². The molecular formula is C8H12N2O3. The highest BCUT2D eigenvalue weighted by Gasteiger charge is 2.12. The molecule has 1 atom stereocenters. The number of aromatic nitrogens is 2. The Kier molecular flexibility index (Phi) is 2.89. The molecule has 0 spiro atoms. The van der Waals surface area contributed by atoms with Gasteiger partial charge in [0.05, 0.1) is 12.4 Å². The van der Waals surface area contributed by atoms with Gasteiger partial charge in [0.25, 0.3) is 0 Å². The van der Waals surface area contributed by atoms with E-state index in [0.29, 0.717) is 5.75 Å².